The van der Waals surface area contributed by atoms with E-state index in [0.717, 1.165) is 44.7 Å². The van der Waals surface area contributed by atoms with E-state index >= 15 is 0 Å². The summed E-state index contributed by atoms with van der Waals surface area (Å²) in [6.07, 6.45) is 0.847. The van der Waals surface area contributed by atoms with Gasteiger partial charge in [-0.3, -0.25) is 9.69 Å². The zero-order valence-electron chi connectivity index (χ0n) is 20.1. The highest BCUT2D eigenvalue weighted by atomic mass is 32.2. The molecule has 0 aliphatic carbocycles. The predicted molar refractivity (Wildman–Crippen MR) is 133 cm³/mol. The summed E-state index contributed by atoms with van der Waals surface area (Å²) in [6.45, 7) is 12.6. The minimum Gasteiger partial charge on any atom is -0.369 e. The number of benzene rings is 2. The molecule has 1 aliphatic rings. The second kappa shape index (κ2) is 10.7. The average Bonchev–Trinajstić information content (AvgIpc) is 2.76. The van der Waals surface area contributed by atoms with E-state index in [1.807, 2.05) is 13.0 Å². The smallest absolute Gasteiger partial charge is 0.251 e. The van der Waals surface area contributed by atoms with Gasteiger partial charge in [-0.25, -0.2) is 13.1 Å². The zero-order chi connectivity index (χ0) is 24.1. The number of nitrogens with zero attached hydrogens (tertiary/aromatic N) is 2. The van der Waals surface area contributed by atoms with Gasteiger partial charge in [0.15, 0.2) is 0 Å². The van der Waals surface area contributed by atoms with Crippen LogP contribution >= 0.6 is 0 Å². The van der Waals surface area contributed by atoms with Crippen LogP contribution in [0.5, 0.6) is 0 Å². The van der Waals surface area contributed by atoms with Crippen LogP contribution in [-0.2, 0) is 10.0 Å². The number of piperazine rings is 1. The Hall–Kier alpha value is -2.42. The maximum Gasteiger partial charge on any atom is 0.251 e. The summed E-state index contributed by atoms with van der Waals surface area (Å²) in [5.41, 5.74) is 1.81. The van der Waals surface area contributed by atoms with Crippen LogP contribution < -0.4 is 14.9 Å². The number of sulfonamides is 1. The number of para-hydroxylation sites is 1. The minimum absolute atomic E-state index is 0.101. The summed E-state index contributed by atoms with van der Waals surface area (Å²) < 4.78 is 27.9. The van der Waals surface area contributed by atoms with E-state index in [0.29, 0.717) is 12.1 Å². The van der Waals surface area contributed by atoms with Crippen molar-refractivity contribution in [2.75, 3.05) is 44.2 Å². The number of carbonyl (C=O) groups is 1. The molecule has 2 aromatic carbocycles. The van der Waals surface area contributed by atoms with Gasteiger partial charge in [0.2, 0.25) is 10.0 Å². The molecule has 1 aliphatic heterocycles. The number of rotatable bonds is 8. The molecule has 1 heterocycles. The van der Waals surface area contributed by atoms with Crippen LogP contribution in [0.4, 0.5) is 5.69 Å². The second-order valence-electron chi connectivity index (χ2n) is 9.61. The molecular weight excluding hydrogens is 436 g/mol. The summed E-state index contributed by atoms with van der Waals surface area (Å²) in [4.78, 5) is 17.7. The Morgan fingerprint density at radius 3 is 2.30 bits per heavy atom. The third-order valence-electron chi connectivity index (χ3n) is 5.63. The van der Waals surface area contributed by atoms with E-state index in [2.05, 4.69) is 44.1 Å². The first-order valence-corrected chi connectivity index (χ1v) is 13.0. The number of nitrogens with one attached hydrogen (secondary N) is 2. The van der Waals surface area contributed by atoms with Gasteiger partial charge >= 0.3 is 0 Å². The lowest BCUT2D eigenvalue weighted by Gasteiger charge is -2.36. The molecule has 2 N–H and O–H groups in total. The average molecular weight is 473 g/mol. The van der Waals surface area contributed by atoms with Crippen molar-refractivity contribution in [1.29, 1.82) is 0 Å². The number of amides is 1. The second-order valence-corrected chi connectivity index (χ2v) is 11.3. The largest absolute Gasteiger partial charge is 0.369 e. The first-order chi connectivity index (χ1) is 15.5. The van der Waals surface area contributed by atoms with Crippen molar-refractivity contribution in [3.8, 4) is 0 Å². The third kappa shape index (κ3) is 7.28. The van der Waals surface area contributed by atoms with Crippen LogP contribution in [0.15, 0.2) is 53.4 Å². The third-order valence-corrected chi connectivity index (χ3v) is 7.39. The molecule has 0 atom stereocenters. The van der Waals surface area contributed by atoms with Crippen molar-refractivity contribution in [3.63, 3.8) is 0 Å². The quantitative estimate of drug-likeness (QED) is 0.577. The van der Waals surface area contributed by atoms with Crippen molar-refractivity contribution >= 4 is 21.6 Å². The van der Waals surface area contributed by atoms with Crippen LogP contribution in [0, 0.1) is 6.92 Å². The molecule has 7 nitrogen and oxygen atoms in total. The van der Waals surface area contributed by atoms with Gasteiger partial charge in [-0.05, 0) is 70.5 Å². The van der Waals surface area contributed by atoms with Crippen molar-refractivity contribution in [2.24, 2.45) is 0 Å². The van der Waals surface area contributed by atoms with E-state index in [1.165, 1.54) is 17.8 Å². The van der Waals surface area contributed by atoms with E-state index < -0.39 is 15.6 Å². The van der Waals surface area contributed by atoms with E-state index in [-0.39, 0.29) is 10.8 Å². The first-order valence-electron chi connectivity index (χ1n) is 11.5. The lowest BCUT2D eigenvalue weighted by atomic mass is 10.1. The molecule has 1 amide bonds. The molecule has 1 fully saturated rings. The number of hydrogen-bond donors (Lipinski definition) is 2. The maximum atomic E-state index is 12.7. The molecule has 0 unspecified atom stereocenters. The Balaban J connectivity index is 1.47. The van der Waals surface area contributed by atoms with Gasteiger partial charge in [0, 0.05) is 49.5 Å². The molecule has 0 saturated carbocycles. The maximum absolute atomic E-state index is 12.7. The molecule has 0 radical (unpaired) electrons. The predicted octanol–water partition coefficient (Wildman–Crippen LogP) is 3.01. The van der Waals surface area contributed by atoms with Crippen molar-refractivity contribution in [2.45, 2.75) is 44.6 Å². The van der Waals surface area contributed by atoms with Gasteiger partial charge in [0.05, 0.1) is 4.90 Å². The summed E-state index contributed by atoms with van der Waals surface area (Å²) in [6, 6.07) is 15.1. The fraction of sp³-hybridized carbons (Fsp3) is 0.480. The van der Waals surface area contributed by atoms with Crippen LogP contribution in [0.3, 0.4) is 0 Å². The molecule has 180 valence electrons. The summed E-state index contributed by atoms with van der Waals surface area (Å²) in [5, 5.41) is 2.95. The summed E-state index contributed by atoms with van der Waals surface area (Å²) in [5.74, 6) is -0.241. The van der Waals surface area contributed by atoms with Crippen molar-refractivity contribution in [1.82, 2.24) is 14.9 Å². The topological polar surface area (TPSA) is 81.7 Å². The minimum atomic E-state index is -3.70. The normalized spacial score (nSPS) is 15.5. The molecule has 2 aromatic rings. The van der Waals surface area contributed by atoms with Gasteiger partial charge in [-0.15, -0.1) is 0 Å². The van der Waals surface area contributed by atoms with Crippen LogP contribution in [0.25, 0.3) is 0 Å². The van der Waals surface area contributed by atoms with Gasteiger partial charge in [-0.1, -0.05) is 24.3 Å². The Labute approximate surface area is 198 Å². The highest BCUT2D eigenvalue weighted by Crippen LogP contribution is 2.18. The molecule has 3 rings (SSSR count). The van der Waals surface area contributed by atoms with E-state index in [4.69, 9.17) is 0 Å². The van der Waals surface area contributed by atoms with E-state index in [1.54, 1.807) is 26.8 Å². The number of aryl methyl sites for hydroxylation is 1. The molecule has 1 saturated heterocycles. The van der Waals surface area contributed by atoms with Gasteiger partial charge in [0.25, 0.3) is 5.91 Å². The highest BCUT2D eigenvalue weighted by Gasteiger charge is 2.23. The van der Waals surface area contributed by atoms with Gasteiger partial charge in [0.1, 0.15) is 0 Å². The number of hydrogen-bond acceptors (Lipinski definition) is 5. The number of anilines is 1. The molecular formula is C25H36N4O3S. The fourth-order valence-electron chi connectivity index (χ4n) is 3.94. The highest BCUT2D eigenvalue weighted by molar-refractivity contribution is 7.89. The monoisotopic (exact) mass is 472 g/mol. The van der Waals surface area contributed by atoms with Crippen LogP contribution in [0.2, 0.25) is 0 Å². The molecule has 0 spiro atoms. The Morgan fingerprint density at radius 2 is 1.67 bits per heavy atom. The van der Waals surface area contributed by atoms with E-state index in [9.17, 15) is 13.2 Å². The standard InChI is InChI=1S/C25H36N4O3S/c1-20-11-12-22(33(31,32)27-25(2,3)4)19-23(20)24(30)26-13-8-14-28-15-17-29(18-16-28)21-9-6-5-7-10-21/h5-7,9-12,19,27H,8,13-18H2,1-4H3,(H,26,30). The SMILES string of the molecule is Cc1ccc(S(=O)(=O)NC(C)(C)C)cc1C(=O)NCCCN1CCN(c2ccccc2)CC1. The Kier molecular flexibility index (Phi) is 8.15. The van der Waals surface area contributed by atoms with Crippen LogP contribution in [0.1, 0.15) is 43.1 Å². The van der Waals surface area contributed by atoms with Gasteiger partial charge in [-0.2, -0.15) is 0 Å². The summed E-state index contributed by atoms with van der Waals surface area (Å²) >= 11 is 0. The van der Waals surface area contributed by atoms with Crippen molar-refractivity contribution < 1.29 is 13.2 Å². The Bertz CT molecular complexity index is 1040. The lowest BCUT2D eigenvalue weighted by molar-refractivity contribution is 0.0950. The van der Waals surface area contributed by atoms with Crippen LogP contribution in [-0.4, -0.2) is 64.0 Å². The number of carbonyl (C=O) groups excluding carboxylic acids is 1. The first kappa shape index (κ1) is 25.2. The lowest BCUT2D eigenvalue weighted by Crippen LogP contribution is -2.47. The molecule has 0 aromatic heterocycles. The summed E-state index contributed by atoms with van der Waals surface area (Å²) in [7, 11) is -3.70. The fourth-order valence-corrected chi connectivity index (χ4v) is 5.39. The van der Waals surface area contributed by atoms with Crippen molar-refractivity contribution in [3.05, 3.63) is 59.7 Å². The molecule has 33 heavy (non-hydrogen) atoms. The molecule has 8 heteroatoms. The Morgan fingerprint density at radius 1 is 1.00 bits per heavy atom. The molecule has 0 bridgehead atoms. The van der Waals surface area contributed by atoms with Gasteiger partial charge < -0.3 is 10.2 Å². The zero-order valence-corrected chi connectivity index (χ0v) is 20.9.